The van der Waals surface area contributed by atoms with Crippen LogP contribution in [0.2, 0.25) is 0 Å². The van der Waals surface area contributed by atoms with Gasteiger partial charge in [-0.25, -0.2) is 9.79 Å². The second-order valence-electron chi connectivity index (χ2n) is 5.30. The zero-order valence-corrected chi connectivity index (χ0v) is 14.9. The van der Waals surface area contributed by atoms with Crippen LogP contribution in [0.4, 0.5) is 0 Å². The summed E-state index contributed by atoms with van der Waals surface area (Å²) in [5, 5.41) is 11.8. The summed E-state index contributed by atoms with van der Waals surface area (Å²) in [6.45, 7) is 5.39. The number of carboxylic acid groups (broad SMARTS) is 1. The first-order chi connectivity index (χ1) is 9.79. The average molecular weight is 312 g/mol. The van der Waals surface area contributed by atoms with Crippen molar-refractivity contribution >= 4 is 53.6 Å². The number of aromatic carboxylic acids is 1. The Balaban J connectivity index is 0.00000242. The van der Waals surface area contributed by atoms with Gasteiger partial charge in [0.25, 0.3) is 5.91 Å². The fourth-order valence-electron chi connectivity index (χ4n) is 1.95. The van der Waals surface area contributed by atoms with Crippen LogP contribution < -0.4 is 5.32 Å². The van der Waals surface area contributed by atoms with Gasteiger partial charge in [-0.15, -0.1) is 0 Å². The first-order valence-electron chi connectivity index (χ1n) is 6.39. The van der Waals surface area contributed by atoms with Gasteiger partial charge < -0.3 is 10.4 Å². The molecule has 22 heavy (non-hydrogen) atoms. The molecule has 7 nitrogen and oxygen atoms in total. The number of hydrogen-bond donors (Lipinski definition) is 2. The second kappa shape index (κ2) is 6.68. The zero-order valence-electron chi connectivity index (χ0n) is 12.9. The number of amides is 1. The van der Waals surface area contributed by atoms with E-state index in [0.717, 1.165) is 0 Å². The molecule has 1 atom stereocenters. The van der Waals surface area contributed by atoms with Gasteiger partial charge in [0.1, 0.15) is 11.2 Å². The van der Waals surface area contributed by atoms with Crippen LogP contribution in [0.1, 0.15) is 47.2 Å². The molecule has 1 aliphatic rings. The number of aromatic nitrogens is 1. The third-order valence-corrected chi connectivity index (χ3v) is 3.66. The number of hydrogen-bond acceptors (Lipinski definition) is 5. The van der Waals surface area contributed by atoms with E-state index in [0.29, 0.717) is 6.29 Å². The molecule has 1 aliphatic heterocycles. The molecule has 0 aliphatic carbocycles. The molecule has 2 rings (SSSR count). The molecule has 8 heteroatoms. The smallest absolute Gasteiger partial charge is 0.338 e. The summed E-state index contributed by atoms with van der Waals surface area (Å²) in [5.74, 6) is -1.48. The molecule has 0 saturated carbocycles. The summed E-state index contributed by atoms with van der Waals surface area (Å²) in [6, 6.07) is 1.21. The molecule has 1 radical (unpaired) electrons. The van der Waals surface area contributed by atoms with E-state index in [1.165, 1.54) is 12.3 Å². The van der Waals surface area contributed by atoms with E-state index < -0.39 is 11.5 Å². The van der Waals surface area contributed by atoms with Gasteiger partial charge in [-0.2, -0.15) is 0 Å². The minimum absolute atomic E-state index is 0. The Labute approximate surface area is 149 Å². The normalized spacial score (nSPS) is 20.2. The number of nitrogens with zero attached hydrogens (tertiary/aromatic N) is 2. The number of amidine groups is 1. The fraction of sp³-hybridized carbons (Fsp3) is 0.357. The standard InChI is InChI=1S/C14H15N3O4.Na/c1-7(2)14(3)13(21)16-11(17-14)10-9(12(19)20)4-8(6-18)5-15-10;/h4-7H,1-3H3,(H,19,20)(H,16,17,21);. The van der Waals surface area contributed by atoms with Crippen LogP contribution in [0.25, 0.3) is 0 Å². The van der Waals surface area contributed by atoms with E-state index in [9.17, 15) is 19.5 Å². The summed E-state index contributed by atoms with van der Waals surface area (Å²) >= 11 is 0. The molecule has 1 aromatic heterocycles. The van der Waals surface area contributed by atoms with Crippen LogP contribution in [0.3, 0.4) is 0 Å². The number of pyridine rings is 1. The van der Waals surface area contributed by atoms with Gasteiger partial charge in [-0.05, 0) is 18.9 Å². The topological polar surface area (TPSA) is 109 Å². The van der Waals surface area contributed by atoms with E-state index >= 15 is 0 Å². The molecule has 0 aromatic carbocycles. The number of aliphatic imine (C=N–C) groups is 1. The van der Waals surface area contributed by atoms with E-state index in [4.69, 9.17) is 0 Å². The molecule has 0 fully saturated rings. The molecule has 0 saturated heterocycles. The predicted molar refractivity (Wildman–Crippen MR) is 80.3 cm³/mol. The van der Waals surface area contributed by atoms with Crippen molar-refractivity contribution in [3.05, 3.63) is 29.1 Å². The average Bonchev–Trinajstić information content (AvgIpc) is 2.75. The van der Waals surface area contributed by atoms with Gasteiger partial charge in [0.05, 0.1) is 5.56 Å². The van der Waals surface area contributed by atoms with Gasteiger partial charge in [0, 0.05) is 41.3 Å². The van der Waals surface area contributed by atoms with Crippen molar-refractivity contribution in [2.45, 2.75) is 26.3 Å². The second-order valence-corrected chi connectivity index (χ2v) is 5.30. The van der Waals surface area contributed by atoms with Crippen LogP contribution >= 0.6 is 0 Å². The molecule has 2 heterocycles. The molecule has 1 unspecified atom stereocenters. The summed E-state index contributed by atoms with van der Waals surface area (Å²) in [6.07, 6.45) is 1.75. The van der Waals surface area contributed by atoms with Gasteiger partial charge in [-0.1, -0.05) is 13.8 Å². The number of carboxylic acids is 1. The largest absolute Gasteiger partial charge is 0.478 e. The maximum absolute atomic E-state index is 12.1. The SMILES string of the molecule is CC(C)C1(C)N=C(c2ncc(C=O)cc2C(=O)O)NC1=O.[Na]. The Morgan fingerprint density at radius 3 is 2.55 bits per heavy atom. The van der Waals surface area contributed by atoms with E-state index in [-0.39, 0.29) is 64.0 Å². The third kappa shape index (κ3) is 3.11. The van der Waals surface area contributed by atoms with Gasteiger partial charge in [0.2, 0.25) is 0 Å². The van der Waals surface area contributed by atoms with Gasteiger partial charge in [0.15, 0.2) is 12.1 Å². The molecule has 2 N–H and O–H groups in total. The van der Waals surface area contributed by atoms with Crippen molar-refractivity contribution in [1.82, 2.24) is 10.3 Å². The van der Waals surface area contributed by atoms with Crippen LogP contribution in [0, 0.1) is 5.92 Å². The number of carbonyl (C=O) groups excluding carboxylic acids is 2. The summed E-state index contributed by atoms with van der Waals surface area (Å²) in [7, 11) is 0. The Hall–Kier alpha value is -1.57. The minimum atomic E-state index is -1.24. The minimum Gasteiger partial charge on any atom is -0.478 e. The Bertz CT molecular complexity index is 672. The van der Waals surface area contributed by atoms with Crippen molar-refractivity contribution in [3.8, 4) is 0 Å². The molecule has 1 aromatic rings. The van der Waals surface area contributed by atoms with Crippen molar-refractivity contribution in [2.24, 2.45) is 10.9 Å². The van der Waals surface area contributed by atoms with Gasteiger partial charge in [-0.3, -0.25) is 14.6 Å². The van der Waals surface area contributed by atoms with Crippen LogP contribution in [0.5, 0.6) is 0 Å². The van der Waals surface area contributed by atoms with E-state index in [1.54, 1.807) is 6.92 Å². The van der Waals surface area contributed by atoms with Crippen molar-refractivity contribution < 1.29 is 19.5 Å². The van der Waals surface area contributed by atoms with Gasteiger partial charge >= 0.3 is 5.97 Å². The van der Waals surface area contributed by atoms with E-state index in [1.807, 2.05) is 13.8 Å². The molecular formula is C14H15N3NaO4. The molecular weight excluding hydrogens is 297 g/mol. The number of nitrogens with one attached hydrogen (secondary N) is 1. The van der Waals surface area contributed by atoms with Crippen molar-refractivity contribution in [1.29, 1.82) is 0 Å². The summed E-state index contributed by atoms with van der Waals surface area (Å²) in [4.78, 5) is 42.4. The summed E-state index contributed by atoms with van der Waals surface area (Å²) in [5.41, 5.74) is -0.944. The zero-order chi connectivity index (χ0) is 15.8. The monoisotopic (exact) mass is 312 g/mol. The Kier molecular flexibility index (Phi) is 5.61. The van der Waals surface area contributed by atoms with Crippen LogP contribution in [0.15, 0.2) is 17.3 Å². The third-order valence-electron chi connectivity index (χ3n) is 3.66. The van der Waals surface area contributed by atoms with Crippen LogP contribution in [-0.2, 0) is 4.79 Å². The van der Waals surface area contributed by atoms with Crippen molar-refractivity contribution in [2.75, 3.05) is 0 Å². The first-order valence-corrected chi connectivity index (χ1v) is 6.39. The molecule has 0 bridgehead atoms. The Morgan fingerprint density at radius 1 is 1.45 bits per heavy atom. The molecule has 0 spiro atoms. The number of carbonyl (C=O) groups is 3. The van der Waals surface area contributed by atoms with Crippen molar-refractivity contribution in [3.63, 3.8) is 0 Å². The summed E-state index contributed by atoms with van der Waals surface area (Å²) < 4.78 is 0. The maximum Gasteiger partial charge on any atom is 0.338 e. The molecule has 1 amide bonds. The number of aldehydes is 1. The Morgan fingerprint density at radius 2 is 2.09 bits per heavy atom. The fourth-order valence-corrected chi connectivity index (χ4v) is 1.95. The van der Waals surface area contributed by atoms with Crippen LogP contribution in [-0.4, -0.2) is 69.2 Å². The quantitative estimate of drug-likeness (QED) is 0.621. The van der Waals surface area contributed by atoms with E-state index in [2.05, 4.69) is 15.3 Å². The maximum atomic E-state index is 12.1. The predicted octanol–water partition coefficient (Wildman–Crippen LogP) is 0.503. The number of rotatable bonds is 4. The molecule has 111 valence electrons. The first kappa shape index (κ1) is 18.5.